The van der Waals surface area contributed by atoms with Crippen molar-refractivity contribution < 1.29 is 13.9 Å². The molecule has 0 atom stereocenters. The molecule has 1 N–H and O–H groups in total. The molecule has 0 saturated heterocycles. The van der Waals surface area contributed by atoms with Gasteiger partial charge in [0.05, 0.1) is 0 Å². The molecule has 5 heteroatoms. The molecule has 31 heavy (non-hydrogen) atoms. The van der Waals surface area contributed by atoms with E-state index in [9.17, 15) is 4.79 Å². The number of rotatable bonds is 6. The van der Waals surface area contributed by atoms with E-state index >= 15 is 0 Å². The molecule has 0 aliphatic heterocycles. The Bertz CT molecular complexity index is 1200. The van der Waals surface area contributed by atoms with E-state index in [1.807, 2.05) is 62.4 Å². The quantitative estimate of drug-likeness (QED) is 0.441. The molecule has 1 amide bonds. The summed E-state index contributed by atoms with van der Waals surface area (Å²) in [6, 6.07) is 17.6. The van der Waals surface area contributed by atoms with Crippen LogP contribution in [0.5, 0.6) is 5.75 Å². The predicted molar refractivity (Wildman–Crippen MR) is 123 cm³/mol. The van der Waals surface area contributed by atoms with Crippen molar-refractivity contribution in [1.29, 1.82) is 0 Å². The number of anilines is 1. The molecule has 1 aromatic heterocycles. The molecule has 5 nitrogen and oxygen atoms in total. The molecule has 0 aliphatic rings. The van der Waals surface area contributed by atoms with E-state index in [0.29, 0.717) is 12.3 Å². The zero-order valence-electron chi connectivity index (χ0n) is 18.3. The van der Waals surface area contributed by atoms with Gasteiger partial charge in [0, 0.05) is 12.1 Å². The molecule has 4 aromatic rings. The average molecular weight is 415 g/mol. The van der Waals surface area contributed by atoms with Crippen LogP contribution in [-0.2, 0) is 11.2 Å². The third-order valence-corrected chi connectivity index (χ3v) is 5.55. The number of ether oxygens (including phenoxy) is 1. The summed E-state index contributed by atoms with van der Waals surface area (Å²) in [6.07, 6.45) is 0.594. The maximum absolute atomic E-state index is 12.3. The minimum atomic E-state index is -0.196. The molecule has 158 valence electrons. The van der Waals surface area contributed by atoms with E-state index in [-0.39, 0.29) is 12.5 Å². The fourth-order valence-corrected chi connectivity index (χ4v) is 3.40. The lowest BCUT2D eigenvalue weighted by Crippen LogP contribution is -2.20. The Morgan fingerprint density at radius 1 is 0.968 bits per heavy atom. The summed E-state index contributed by atoms with van der Waals surface area (Å²) in [5.74, 6) is 1.21. The van der Waals surface area contributed by atoms with E-state index in [4.69, 9.17) is 9.15 Å². The molecular weight excluding hydrogens is 388 g/mol. The van der Waals surface area contributed by atoms with Gasteiger partial charge in [-0.05, 0) is 85.8 Å². The van der Waals surface area contributed by atoms with Crippen molar-refractivity contribution in [3.05, 3.63) is 88.3 Å². The van der Waals surface area contributed by atoms with Crippen LogP contribution in [0, 0.1) is 27.7 Å². The second-order valence-corrected chi connectivity index (χ2v) is 7.92. The molecule has 0 saturated carbocycles. The Morgan fingerprint density at radius 2 is 1.71 bits per heavy atom. The number of benzene rings is 3. The lowest BCUT2D eigenvalue weighted by molar-refractivity contribution is -0.118. The normalized spacial score (nSPS) is 11.0. The molecule has 3 aromatic carbocycles. The van der Waals surface area contributed by atoms with Crippen molar-refractivity contribution >= 4 is 22.7 Å². The highest BCUT2D eigenvalue weighted by molar-refractivity contribution is 5.91. The van der Waals surface area contributed by atoms with Gasteiger partial charge < -0.3 is 14.5 Å². The lowest BCUT2D eigenvalue weighted by Gasteiger charge is -2.11. The maximum Gasteiger partial charge on any atom is 0.262 e. The number of oxazole rings is 1. The van der Waals surface area contributed by atoms with Gasteiger partial charge in [0.25, 0.3) is 5.91 Å². The summed E-state index contributed by atoms with van der Waals surface area (Å²) in [7, 11) is 0. The van der Waals surface area contributed by atoms with E-state index < -0.39 is 0 Å². The van der Waals surface area contributed by atoms with Gasteiger partial charge in [-0.15, -0.1) is 0 Å². The van der Waals surface area contributed by atoms with Crippen LogP contribution >= 0.6 is 0 Å². The van der Waals surface area contributed by atoms with Gasteiger partial charge in [-0.25, -0.2) is 4.98 Å². The SMILES string of the molecule is Cc1cc2nc(Cc3ccc(NC(=O)COc4cccc(C)c4C)cc3)oc2cc1C. The number of fused-ring (bicyclic) bond motifs is 1. The molecule has 0 radical (unpaired) electrons. The van der Waals surface area contributed by atoms with Crippen molar-refractivity contribution in [2.45, 2.75) is 34.1 Å². The van der Waals surface area contributed by atoms with Gasteiger partial charge in [0.2, 0.25) is 0 Å². The zero-order chi connectivity index (χ0) is 22.0. The lowest BCUT2D eigenvalue weighted by atomic mass is 10.1. The molecule has 0 aliphatic carbocycles. The minimum absolute atomic E-state index is 0.0339. The number of hydrogen-bond acceptors (Lipinski definition) is 4. The van der Waals surface area contributed by atoms with Crippen molar-refractivity contribution in [2.24, 2.45) is 0 Å². The van der Waals surface area contributed by atoms with Crippen LogP contribution in [-0.4, -0.2) is 17.5 Å². The Morgan fingerprint density at radius 3 is 2.48 bits per heavy atom. The first-order valence-corrected chi connectivity index (χ1v) is 10.3. The Kier molecular flexibility index (Phi) is 5.76. The first-order valence-electron chi connectivity index (χ1n) is 10.3. The number of nitrogens with zero attached hydrogens (tertiary/aromatic N) is 1. The highest BCUT2D eigenvalue weighted by atomic mass is 16.5. The molecule has 0 unspecified atom stereocenters. The summed E-state index contributed by atoms with van der Waals surface area (Å²) < 4.78 is 11.6. The molecule has 4 rings (SSSR count). The summed E-state index contributed by atoms with van der Waals surface area (Å²) in [5.41, 5.74) is 8.05. The van der Waals surface area contributed by atoms with Gasteiger partial charge in [-0.1, -0.05) is 24.3 Å². The molecule has 0 bridgehead atoms. The van der Waals surface area contributed by atoms with Crippen LogP contribution < -0.4 is 10.1 Å². The zero-order valence-corrected chi connectivity index (χ0v) is 18.3. The first kappa shape index (κ1) is 20.7. The number of nitrogens with one attached hydrogen (secondary N) is 1. The average Bonchev–Trinajstić information content (AvgIpc) is 3.11. The number of carbonyl (C=O) groups is 1. The highest BCUT2D eigenvalue weighted by Crippen LogP contribution is 2.23. The molecule has 1 heterocycles. The Hall–Kier alpha value is -3.60. The number of hydrogen-bond donors (Lipinski definition) is 1. The van der Waals surface area contributed by atoms with Crippen LogP contribution in [0.15, 0.2) is 59.0 Å². The minimum Gasteiger partial charge on any atom is -0.483 e. The Balaban J connectivity index is 1.35. The van der Waals surface area contributed by atoms with E-state index in [1.54, 1.807) is 0 Å². The van der Waals surface area contributed by atoms with Crippen molar-refractivity contribution in [3.8, 4) is 5.75 Å². The van der Waals surface area contributed by atoms with E-state index in [2.05, 4.69) is 30.2 Å². The van der Waals surface area contributed by atoms with Crippen LogP contribution in [0.1, 0.15) is 33.7 Å². The monoisotopic (exact) mass is 414 g/mol. The maximum atomic E-state index is 12.3. The standard InChI is InChI=1S/C26H26N2O3/c1-16-6-5-7-23(19(16)4)30-15-25(29)27-21-10-8-20(9-11-21)14-26-28-22-12-17(2)18(3)13-24(22)31-26/h5-13H,14-15H2,1-4H3,(H,27,29). The van der Waals surface area contributed by atoms with Crippen molar-refractivity contribution in [3.63, 3.8) is 0 Å². The Labute approximate surface area is 182 Å². The van der Waals surface area contributed by atoms with Crippen LogP contribution in [0.25, 0.3) is 11.1 Å². The second-order valence-electron chi connectivity index (χ2n) is 7.92. The number of amides is 1. The fraction of sp³-hybridized carbons (Fsp3) is 0.231. The number of carbonyl (C=O) groups excluding carboxylic acids is 1. The third-order valence-electron chi connectivity index (χ3n) is 5.55. The predicted octanol–water partition coefficient (Wildman–Crippen LogP) is 5.67. The van der Waals surface area contributed by atoms with E-state index in [0.717, 1.165) is 39.2 Å². The van der Waals surface area contributed by atoms with E-state index in [1.165, 1.54) is 11.1 Å². The second kappa shape index (κ2) is 8.64. The van der Waals surface area contributed by atoms with Gasteiger partial charge in [0.1, 0.15) is 11.3 Å². The van der Waals surface area contributed by atoms with Crippen LogP contribution in [0.4, 0.5) is 5.69 Å². The molecule has 0 fully saturated rings. The number of aromatic nitrogens is 1. The molecule has 0 spiro atoms. The number of aryl methyl sites for hydroxylation is 3. The first-order chi connectivity index (χ1) is 14.9. The highest BCUT2D eigenvalue weighted by Gasteiger charge is 2.10. The van der Waals surface area contributed by atoms with Crippen LogP contribution in [0.2, 0.25) is 0 Å². The summed E-state index contributed by atoms with van der Waals surface area (Å²) in [4.78, 5) is 16.8. The fourth-order valence-electron chi connectivity index (χ4n) is 3.40. The third kappa shape index (κ3) is 4.77. The van der Waals surface area contributed by atoms with Gasteiger partial charge >= 0.3 is 0 Å². The van der Waals surface area contributed by atoms with Crippen molar-refractivity contribution in [2.75, 3.05) is 11.9 Å². The summed E-state index contributed by atoms with van der Waals surface area (Å²) >= 11 is 0. The van der Waals surface area contributed by atoms with Crippen LogP contribution in [0.3, 0.4) is 0 Å². The summed E-state index contributed by atoms with van der Waals surface area (Å²) in [5, 5.41) is 2.87. The van der Waals surface area contributed by atoms with Crippen molar-refractivity contribution in [1.82, 2.24) is 4.98 Å². The topological polar surface area (TPSA) is 64.4 Å². The summed E-state index contributed by atoms with van der Waals surface area (Å²) in [6.45, 7) is 8.11. The smallest absolute Gasteiger partial charge is 0.262 e. The van der Waals surface area contributed by atoms with Gasteiger partial charge in [-0.3, -0.25) is 4.79 Å². The van der Waals surface area contributed by atoms with Gasteiger partial charge in [-0.2, -0.15) is 0 Å². The largest absolute Gasteiger partial charge is 0.483 e. The van der Waals surface area contributed by atoms with Gasteiger partial charge in [0.15, 0.2) is 18.1 Å². The molecular formula is C26H26N2O3.